The Balaban J connectivity index is 2.03. The highest BCUT2D eigenvalue weighted by atomic mass is 16.4. The lowest BCUT2D eigenvalue weighted by Crippen LogP contribution is -2.08. The first-order valence-electron chi connectivity index (χ1n) is 6.90. The molecule has 0 fully saturated rings. The summed E-state index contributed by atoms with van der Waals surface area (Å²) in [4.78, 5) is 23.3. The van der Waals surface area contributed by atoms with Gasteiger partial charge in [0.15, 0.2) is 5.78 Å². The summed E-state index contributed by atoms with van der Waals surface area (Å²) >= 11 is 0. The third kappa shape index (κ3) is 2.51. The average Bonchev–Trinajstić information content (AvgIpc) is 2.52. The molecule has 1 heterocycles. The minimum atomic E-state index is -0.549. The van der Waals surface area contributed by atoms with Crippen LogP contribution in [0.1, 0.15) is 28.4 Å². The van der Waals surface area contributed by atoms with Crippen LogP contribution in [-0.4, -0.2) is 10.9 Å². The summed E-state index contributed by atoms with van der Waals surface area (Å²) in [5.74, 6) is -0.0675. The van der Waals surface area contributed by atoms with Crippen molar-refractivity contribution in [2.75, 3.05) is 0 Å². The van der Waals surface area contributed by atoms with E-state index in [1.807, 2.05) is 0 Å². The van der Waals surface area contributed by atoms with Gasteiger partial charge in [-0.2, -0.15) is 0 Å². The first kappa shape index (κ1) is 14.1. The van der Waals surface area contributed by atoms with Gasteiger partial charge in [-0.3, -0.25) is 4.79 Å². The number of rotatable bonds is 3. The Morgan fingerprint density at radius 1 is 1.09 bits per heavy atom. The van der Waals surface area contributed by atoms with E-state index in [4.69, 9.17) is 4.42 Å². The number of para-hydroxylation sites is 1. The average molecular weight is 294 g/mol. The van der Waals surface area contributed by atoms with E-state index in [-0.39, 0.29) is 23.5 Å². The highest BCUT2D eigenvalue weighted by molar-refractivity contribution is 5.94. The van der Waals surface area contributed by atoms with Crippen molar-refractivity contribution in [1.82, 2.24) is 0 Å². The van der Waals surface area contributed by atoms with E-state index in [0.29, 0.717) is 16.5 Å². The van der Waals surface area contributed by atoms with Gasteiger partial charge in [-0.25, -0.2) is 4.79 Å². The summed E-state index contributed by atoms with van der Waals surface area (Å²) in [6.45, 7) is 1.50. The van der Waals surface area contributed by atoms with Crippen LogP contribution in [0.5, 0.6) is 5.75 Å². The lowest BCUT2D eigenvalue weighted by Gasteiger charge is -2.07. The fourth-order valence-corrected chi connectivity index (χ4v) is 2.39. The number of carbonyl (C=O) groups is 1. The maximum Gasteiger partial charge on any atom is 0.343 e. The zero-order valence-corrected chi connectivity index (χ0v) is 12.0. The van der Waals surface area contributed by atoms with Crippen molar-refractivity contribution in [3.8, 4) is 5.75 Å². The van der Waals surface area contributed by atoms with E-state index in [1.165, 1.54) is 6.92 Å². The zero-order valence-electron chi connectivity index (χ0n) is 12.0. The van der Waals surface area contributed by atoms with Crippen LogP contribution in [0.4, 0.5) is 0 Å². The fourth-order valence-electron chi connectivity index (χ4n) is 2.39. The molecule has 0 bridgehead atoms. The largest absolute Gasteiger partial charge is 0.507 e. The van der Waals surface area contributed by atoms with Crippen molar-refractivity contribution in [3.63, 3.8) is 0 Å². The molecule has 1 aromatic heterocycles. The molecule has 0 amide bonds. The van der Waals surface area contributed by atoms with E-state index in [9.17, 15) is 14.7 Å². The highest BCUT2D eigenvalue weighted by Gasteiger charge is 2.14. The van der Waals surface area contributed by atoms with Gasteiger partial charge in [0, 0.05) is 12.0 Å². The Hall–Kier alpha value is -2.88. The monoisotopic (exact) mass is 294 g/mol. The quantitative estimate of drug-likeness (QED) is 0.594. The molecule has 4 heteroatoms. The smallest absolute Gasteiger partial charge is 0.343 e. The van der Waals surface area contributed by atoms with Crippen molar-refractivity contribution in [2.24, 2.45) is 0 Å². The van der Waals surface area contributed by atoms with Gasteiger partial charge in [-0.15, -0.1) is 0 Å². The molecule has 110 valence electrons. The predicted molar refractivity (Wildman–Crippen MR) is 83.4 cm³/mol. The number of aromatic hydroxyl groups is 1. The maximum atomic E-state index is 12.1. The standard InChI is InChI=1S/C18H14O4/c1-11(19)13-8-6-12(7-9-13)10-15-17(20)14-4-2-3-5-16(14)22-18(15)21/h2-9,20H,10H2,1H3. The molecule has 3 rings (SSSR count). The maximum absolute atomic E-state index is 12.1. The summed E-state index contributed by atoms with van der Waals surface area (Å²) in [5.41, 5.74) is 1.46. The molecule has 0 radical (unpaired) electrons. The number of ketones is 1. The van der Waals surface area contributed by atoms with Crippen molar-refractivity contribution >= 4 is 16.8 Å². The van der Waals surface area contributed by atoms with E-state index in [0.717, 1.165) is 5.56 Å². The molecule has 22 heavy (non-hydrogen) atoms. The summed E-state index contributed by atoms with van der Waals surface area (Å²) < 4.78 is 5.24. The van der Waals surface area contributed by atoms with Crippen LogP contribution in [0.3, 0.4) is 0 Å². The van der Waals surface area contributed by atoms with Crippen molar-refractivity contribution in [1.29, 1.82) is 0 Å². The summed E-state index contributed by atoms with van der Waals surface area (Å²) in [7, 11) is 0. The molecule has 1 N–H and O–H groups in total. The molecular weight excluding hydrogens is 280 g/mol. The Kier molecular flexibility index (Phi) is 3.51. The molecular formula is C18H14O4. The second-order valence-corrected chi connectivity index (χ2v) is 5.14. The fraction of sp³-hybridized carbons (Fsp3) is 0.111. The molecule has 0 unspecified atom stereocenters. The molecule has 2 aromatic carbocycles. The Bertz CT molecular complexity index is 905. The van der Waals surface area contributed by atoms with Crippen LogP contribution in [0.2, 0.25) is 0 Å². The summed E-state index contributed by atoms with van der Waals surface area (Å²) in [5, 5.41) is 10.8. The zero-order chi connectivity index (χ0) is 15.7. The van der Waals surface area contributed by atoms with Gasteiger partial charge in [0.1, 0.15) is 11.3 Å². The van der Waals surface area contributed by atoms with Gasteiger partial charge >= 0.3 is 5.63 Å². The van der Waals surface area contributed by atoms with Gasteiger partial charge in [-0.05, 0) is 24.6 Å². The molecule has 3 aromatic rings. The van der Waals surface area contributed by atoms with E-state index in [2.05, 4.69) is 0 Å². The molecule has 0 saturated heterocycles. The third-order valence-electron chi connectivity index (χ3n) is 3.62. The number of benzene rings is 2. The van der Waals surface area contributed by atoms with Crippen molar-refractivity contribution in [3.05, 3.63) is 75.6 Å². The first-order valence-corrected chi connectivity index (χ1v) is 6.90. The van der Waals surface area contributed by atoms with Crippen LogP contribution in [-0.2, 0) is 6.42 Å². The van der Waals surface area contributed by atoms with E-state index < -0.39 is 5.63 Å². The summed E-state index contributed by atoms with van der Waals surface area (Å²) in [6, 6.07) is 13.8. The number of hydrogen-bond acceptors (Lipinski definition) is 4. The van der Waals surface area contributed by atoms with Crippen LogP contribution in [0.15, 0.2) is 57.7 Å². The number of fused-ring (bicyclic) bond motifs is 1. The first-order chi connectivity index (χ1) is 10.6. The predicted octanol–water partition coefficient (Wildman–Crippen LogP) is 3.29. The van der Waals surface area contributed by atoms with Crippen molar-refractivity contribution < 1.29 is 14.3 Å². The minimum Gasteiger partial charge on any atom is -0.507 e. The Labute approximate surface area is 126 Å². The SMILES string of the molecule is CC(=O)c1ccc(Cc2c(O)c3ccccc3oc2=O)cc1. The molecule has 0 aliphatic heterocycles. The van der Waals surface area contributed by atoms with Crippen LogP contribution >= 0.6 is 0 Å². The van der Waals surface area contributed by atoms with Gasteiger partial charge in [-0.1, -0.05) is 36.4 Å². The molecule has 0 atom stereocenters. The molecule has 0 aliphatic carbocycles. The van der Waals surface area contributed by atoms with Crippen LogP contribution in [0, 0.1) is 0 Å². The van der Waals surface area contributed by atoms with Crippen molar-refractivity contribution in [2.45, 2.75) is 13.3 Å². The van der Waals surface area contributed by atoms with Gasteiger partial charge in [0.05, 0.1) is 10.9 Å². The lowest BCUT2D eigenvalue weighted by molar-refractivity contribution is 0.101. The third-order valence-corrected chi connectivity index (χ3v) is 3.62. The Morgan fingerprint density at radius 3 is 2.45 bits per heavy atom. The minimum absolute atomic E-state index is 0.0142. The summed E-state index contributed by atoms with van der Waals surface area (Å²) in [6.07, 6.45) is 0.247. The molecule has 0 saturated carbocycles. The lowest BCUT2D eigenvalue weighted by atomic mass is 10.0. The van der Waals surface area contributed by atoms with Gasteiger partial charge < -0.3 is 9.52 Å². The van der Waals surface area contributed by atoms with Gasteiger partial charge in [0.25, 0.3) is 0 Å². The highest BCUT2D eigenvalue weighted by Crippen LogP contribution is 2.27. The van der Waals surface area contributed by atoms with E-state index >= 15 is 0 Å². The molecule has 4 nitrogen and oxygen atoms in total. The normalized spacial score (nSPS) is 10.8. The molecule has 0 aliphatic rings. The van der Waals surface area contributed by atoms with Crippen LogP contribution in [0.25, 0.3) is 11.0 Å². The van der Waals surface area contributed by atoms with Gasteiger partial charge in [0.2, 0.25) is 0 Å². The molecule has 0 spiro atoms. The Morgan fingerprint density at radius 2 is 1.77 bits per heavy atom. The number of carbonyl (C=O) groups excluding carboxylic acids is 1. The number of Topliss-reactive ketones (excluding diaryl/α,β-unsaturated/α-hetero) is 1. The van der Waals surface area contributed by atoms with E-state index in [1.54, 1.807) is 48.5 Å². The topological polar surface area (TPSA) is 67.5 Å². The van der Waals surface area contributed by atoms with Crippen LogP contribution < -0.4 is 5.63 Å². The number of hydrogen-bond donors (Lipinski definition) is 1. The second-order valence-electron chi connectivity index (χ2n) is 5.14. The second kappa shape index (κ2) is 5.48.